The van der Waals surface area contributed by atoms with Gasteiger partial charge < -0.3 is 13.7 Å². The van der Waals surface area contributed by atoms with E-state index in [0.717, 1.165) is 24.3 Å². The van der Waals surface area contributed by atoms with Crippen molar-refractivity contribution < 1.29 is 48.4 Å². The van der Waals surface area contributed by atoms with Crippen molar-refractivity contribution in [1.82, 2.24) is 4.98 Å². The molecule has 6 nitrogen and oxygen atoms in total. The maximum absolute atomic E-state index is 12.7. The highest BCUT2D eigenvalue weighted by Gasteiger charge is 2.48. The van der Waals surface area contributed by atoms with Crippen molar-refractivity contribution in [3.63, 3.8) is 0 Å². The quantitative estimate of drug-likeness (QED) is 0.125. The minimum atomic E-state index is -5.92. The predicted molar refractivity (Wildman–Crippen MR) is 107 cm³/mol. The van der Waals surface area contributed by atoms with Crippen LogP contribution in [0.5, 0.6) is 23.0 Å². The van der Waals surface area contributed by atoms with E-state index in [1.54, 1.807) is 18.2 Å². The number of rotatable bonds is 3. The number of halogens is 6. The lowest BCUT2D eigenvalue weighted by atomic mass is 9.96. The number of ether oxygens (including phenoxy) is 2. The number of fused-ring (bicyclic) bond motifs is 4. The Morgan fingerprint density at radius 1 is 0.824 bits per heavy atom. The molecule has 0 aliphatic carbocycles. The summed E-state index contributed by atoms with van der Waals surface area (Å²) < 4.78 is 113. The Labute approximate surface area is 186 Å². The zero-order chi connectivity index (χ0) is 24.5. The summed E-state index contributed by atoms with van der Waals surface area (Å²) in [6.45, 7) is 0. The van der Waals surface area contributed by atoms with Crippen molar-refractivity contribution in [1.29, 1.82) is 0 Å². The Morgan fingerprint density at radius 3 is 2.26 bits per heavy atom. The monoisotopic (exact) mass is 501 g/mol. The lowest BCUT2D eigenvalue weighted by Crippen LogP contribution is -2.28. The van der Waals surface area contributed by atoms with Gasteiger partial charge in [-0.3, -0.25) is 0 Å². The average molecular weight is 501 g/mol. The van der Waals surface area contributed by atoms with Gasteiger partial charge in [0.05, 0.1) is 16.6 Å². The van der Waals surface area contributed by atoms with Gasteiger partial charge in [0.1, 0.15) is 23.0 Å². The molecule has 0 unspecified atom stereocenters. The summed E-state index contributed by atoms with van der Waals surface area (Å²) in [5.41, 5.74) is -5.28. The summed E-state index contributed by atoms with van der Waals surface area (Å²) in [6.07, 6.45) is -4.94. The summed E-state index contributed by atoms with van der Waals surface area (Å²) in [4.78, 5) is 4.39. The van der Waals surface area contributed by atoms with Crippen LogP contribution in [0.15, 0.2) is 54.6 Å². The zero-order valence-corrected chi connectivity index (χ0v) is 17.2. The van der Waals surface area contributed by atoms with E-state index in [-0.39, 0.29) is 22.5 Å². The summed E-state index contributed by atoms with van der Waals surface area (Å²) >= 11 is 0. The fourth-order valence-electron chi connectivity index (χ4n) is 3.61. The van der Waals surface area contributed by atoms with Crippen LogP contribution in [0.25, 0.3) is 32.9 Å². The molecule has 0 radical (unpaired) electrons. The van der Waals surface area contributed by atoms with Gasteiger partial charge in [-0.15, -0.1) is 13.2 Å². The van der Waals surface area contributed by atoms with Crippen molar-refractivity contribution in [3.8, 4) is 34.3 Å². The molecule has 13 heteroatoms. The normalized spacial score (nSPS) is 13.5. The van der Waals surface area contributed by atoms with Crippen LogP contribution in [-0.4, -0.2) is 25.3 Å². The van der Waals surface area contributed by atoms with Crippen LogP contribution in [-0.2, 0) is 10.1 Å². The largest absolute Gasteiger partial charge is 0.573 e. The van der Waals surface area contributed by atoms with Gasteiger partial charge in [0, 0.05) is 17.0 Å². The number of alkyl halides is 6. The van der Waals surface area contributed by atoms with Crippen LogP contribution >= 0.6 is 0 Å². The van der Waals surface area contributed by atoms with E-state index in [0.29, 0.717) is 21.9 Å². The summed E-state index contributed by atoms with van der Waals surface area (Å²) in [7, 11) is -5.92. The lowest BCUT2D eigenvalue weighted by molar-refractivity contribution is -0.274. The first-order valence-electron chi connectivity index (χ1n) is 9.28. The molecule has 0 amide bonds. The van der Waals surface area contributed by atoms with Crippen LogP contribution in [0.4, 0.5) is 26.3 Å². The number of hydrogen-bond acceptors (Lipinski definition) is 6. The number of aromatic nitrogens is 1. The SMILES string of the molecule is O=S(=O)(Oc1ccc2c(c1)nc1c3c(cccc32)Oc2ccc(OC(F)(F)F)cc2-1)C(F)(F)F. The zero-order valence-electron chi connectivity index (χ0n) is 16.4. The number of nitrogens with zero attached hydrogens (tertiary/aromatic N) is 1. The average Bonchev–Trinajstić information content (AvgIpc) is 2.72. The molecule has 176 valence electrons. The maximum atomic E-state index is 12.7. The molecule has 0 saturated heterocycles. The van der Waals surface area contributed by atoms with Crippen LogP contribution in [0.3, 0.4) is 0 Å². The molecule has 0 spiro atoms. The molecule has 1 aliphatic rings. The molecule has 4 aromatic rings. The van der Waals surface area contributed by atoms with Crippen LogP contribution in [0, 0.1) is 0 Å². The predicted octanol–water partition coefficient (Wildman–Crippen LogP) is 6.29. The highest BCUT2D eigenvalue weighted by molar-refractivity contribution is 7.88. The first kappa shape index (κ1) is 22.1. The molecule has 2 heterocycles. The Balaban J connectivity index is 1.72. The first-order valence-corrected chi connectivity index (χ1v) is 10.7. The van der Waals surface area contributed by atoms with Crippen molar-refractivity contribution in [2.24, 2.45) is 0 Å². The fourth-order valence-corrected chi connectivity index (χ4v) is 4.06. The standard InChI is InChI=1S/C21H9F6NO5S/c22-20(23,24)32-10-5-7-16-14(8-10)19-18-13(2-1-3-17(18)31-16)12-6-4-11(9-15(12)28-19)33-34(29,30)21(25,26)27/h1-9H. The first-order chi connectivity index (χ1) is 15.8. The van der Waals surface area contributed by atoms with Crippen molar-refractivity contribution in [2.75, 3.05) is 0 Å². The van der Waals surface area contributed by atoms with E-state index in [1.807, 2.05) is 0 Å². The molecule has 3 aromatic carbocycles. The van der Waals surface area contributed by atoms with E-state index < -0.39 is 33.5 Å². The van der Waals surface area contributed by atoms with E-state index in [2.05, 4.69) is 13.9 Å². The van der Waals surface area contributed by atoms with Gasteiger partial charge in [-0.2, -0.15) is 21.6 Å². The summed E-state index contributed by atoms with van der Waals surface area (Å²) in [6, 6.07) is 11.7. The van der Waals surface area contributed by atoms with Crippen molar-refractivity contribution in [2.45, 2.75) is 11.9 Å². The van der Waals surface area contributed by atoms with Gasteiger partial charge in [0.15, 0.2) is 0 Å². The molecule has 34 heavy (non-hydrogen) atoms. The van der Waals surface area contributed by atoms with Crippen molar-refractivity contribution >= 4 is 31.8 Å². The maximum Gasteiger partial charge on any atom is 0.573 e. The number of benzene rings is 3. The molecular weight excluding hydrogens is 492 g/mol. The van der Waals surface area contributed by atoms with Crippen LogP contribution in [0.2, 0.25) is 0 Å². The third kappa shape index (κ3) is 3.71. The lowest BCUT2D eigenvalue weighted by Gasteiger charge is -2.22. The highest BCUT2D eigenvalue weighted by atomic mass is 32.2. The van der Waals surface area contributed by atoms with E-state index in [9.17, 15) is 34.8 Å². The second kappa shape index (κ2) is 7.13. The molecule has 0 N–H and O–H groups in total. The topological polar surface area (TPSA) is 74.7 Å². The third-order valence-electron chi connectivity index (χ3n) is 4.90. The molecule has 0 atom stereocenters. The van der Waals surface area contributed by atoms with Crippen molar-refractivity contribution in [3.05, 3.63) is 54.6 Å². The molecule has 0 saturated carbocycles. The Hall–Kier alpha value is -3.74. The van der Waals surface area contributed by atoms with E-state index >= 15 is 0 Å². The Morgan fingerprint density at radius 2 is 1.56 bits per heavy atom. The second-order valence-corrected chi connectivity index (χ2v) is 8.65. The molecule has 1 aromatic heterocycles. The van der Waals surface area contributed by atoms with Crippen LogP contribution < -0.4 is 13.7 Å². The Kier molecular flexibility index (Phi) is 4.63. The third-order valence-corrected chi connectivity index (χ3v) is 5.88. The molecule has 5 rings (SSSR count). The minimum absolute atomic E-state index is 0.0458. The number of hydrogen-bond donors (Lipinski definition) is 0. The molecular formula is C21H9F6NO5S. The second-order valence-electron chi connectivity index (χ2n) is 7.11. The van der Waals surface area contributed by atoms with Gasteiger partial charge >= 0.3 is 22.0 Å². The van der Waals surface area contributed by atoms with E-state index in [4.69, 9.17) is 4.74 Å². The van der Waals surface area contributed by atoms with Gasteiger partial charge in [0.2, 0.25) is 0 Å². The van der Waals surface area contributed by atoms with Gasteiger partial charge in [-0.25, -0.2) is 4.98 Å². The molecule has 0 fully saturated rings. The minimum Gasteiger partial charge on any atom is -0.456 e. The highest BCUT2D eigenvalue weighted by Crippen LogP contribution is 2.48. The number of pyridine rings is 1. The van der Waals surface area contributed by atoms with Gasteiger partial charge in [-0.1, -0.05) is 12.1 Å². The van der Waals surface area contributed by atoms with Gasteiger partial charge in [-0.05, 0) is 41.8 Å². The van der Waals surface area contributed by atoms with Crippen LogP contribution in [0.1, 0.15) is 0 Å². The summed E-state index contributed by atoms with van der Waals surface area (Å²) in [5, 5.41) is 1.39. The smallest absolute Gasteiger partial charge is 0.456 e. The summed E-state index contributed by atoms with van der Waals surface area (Å²) in [5.74, 6) is -0.633. The van der Waals surface area contributed by atoms with Gasteiger partial charge in [0.25, 0.3) is 0 Å². The molecule has 0 bridgehead atoms. The fraction of sp³-hybridized carbons (Fsp3) is 0.0952. The molecule has 1 aliphatic heterocycles. The van der Waals surface area contributed by atoms with E-state index in [1.165, 1.54) is 12.1 Å². The Bertz CT molecular complexity index is 1580.